The molecule has 0 N–H and O–H groups in total. The summed E-state index contributed by atoms with van der Waals surface area (Å²) < 4.78 is 7.48. The molecule has 11 aromatic rings. The largest absolute Gasteiger partial charge is 0.309 e. The van der Waals surface area contributed by atoms with Gasteiger partial charge in [-0.15, -0.1) is 11.3 Å². The first kappa shape index (κ1) is 28.4. The second-order valence-corrected chi connectivity index (χ2v) is 14.4. The van der Waals surface area contributed by atoms with Crippen LogP contribution in [0.2, 0.25) is 0 Å². The Kier molecular flexibility index (Phi) is 6.16. The molecule has 0 bridgehead atoms. The fourth-order valence-corrected chi connectivity index (χ4v) is 9.24. The van der Waals surface area contributed by atoms with Crippen molar-refractivity contribution in [2.45, 2.75) is 0 Å². The lowest BCUT2D eigenvalue weighted by atomic mass is 9.99. The average molecular weight is 667 g/mol. The number of benzene rings is 8. The van der Waals surface area contributed by atoms with E-state index in [4.69, 9.17) is 0 Å². The lowest BCUT2D eigenvalue weighted by Gasteiger charge is -2.10. The molecule has 0 saturated heterocycles. The van der Waals surface area contributed by atoms with Gasteiger partial charge in [0.1, 0.15) is 0 Å². The summed E-state index contributed by atoms with van der Waals surface area (Å²) in [6.45, 7) is 0. The van der Waals surface area contributed by atoms with Gasteiger partial charge in [-0.2, -0.15) is 0 Å². The van der Waals surface area contributed by atoms with Crippen molar-refractivity contribution in [2.75, 3.05) is 0 Å². The highest BCUT2D eigenvalue weighted by Gasteiger charge is 2.17. The number of para-hydroxylation sites is 2. The van der Waals surface area contributed by atoms with E-state index in [0.717, 1.165) is 0 Å². The molecule has 0 radical (unpaired) electrons. The molecule has 0 aliphatic carbocycles. The number of hydrogen-bond donors (Lipinski definition) is 0. The van der Waals surface area contributed by atoms with Gasteiger partial charge in [-0.05, 0) is 101 Å². The van der Waals surface area contributed by atoms with E-state index >= 15 is 0 Å². The monoisotopic (exact) mass is 666 g/mol. The molecule has 3 heterocycles. The molecule has 51 heavy (non-hydrogen) atoms. The van der Waals surface area contributed by atoms with Gasteiger partial charge in [-0.25, -0.2) is 0 Å². The van der Waals surface area contributed by atoms with Gasteiger partial charge in [0, 0.05) is 53.1 Å². The number of aromatic nitrogens is 2. The third kappa shape index (κ3) is 4.35. The lowest BCUT2D eigenvalue weighted by molar-refractivity contribution is 1.18. The summed E-state index contributed by atoms with van der Waals surface area (Å²) in [5.74, 6) is 0. The molecule has 0 saturated carbocycles. The summed E-state index contributed by atoms with van der Waals surface area (Å²) in [5.41, 5.74) is 12.1. The van der Waals surface area contributed by atoms with Gasteiger partial charge in [0.05, 0.1) is 22.1 Å². The summed E-state index contributed by atoms with van der Waals surface area (Å²) in [7, 11) is 0. The topological polar surface area (TPSA) is 9.86 Å². The summed E-state index contributed by atoms with van der Waals surface area (Å²) >= 11 is 1.86. The van der Waals surface area contributed by atoms with Crippen molar-refractivity contribution in [1.29, 1.82) is 0 Å². The van der Waals surface area contributed by atoms with Crippen molar-refractivity contribution in [3.63, 3.8) is 0 Å². The second kappa shape index (κ2) is 11.0. The number of rotatable bonds is 4. The minimum Gasteiger partial charge on any atom is -0.309 e. The first-order valence-corrected chi connectivity index (χ1v) is 18.2. The van der Waals surface area contributed by atoms with E-state index in [2.05, 4.69) is 191 Å². The zero-order chi connectivity index (χ0) is 33.5. The SMILES string of the molecule is c1ccc(-c2ccc3c(c2)c2cc(-c4ccc5c(c4)c4ccccc4n5-c4ccc5sc6ccccc6c5c4)ccc2n3-c2ccccc2)cc1. The molecule has 3 heteroatoms. The van der Waals surface area contributed by atoms with Crippen molar-refractivity contribution >= 4 is 75.1 Å². The fraction of sp³-hybridized carbons (Fsp3) is 0. The van der Waals surface area contributed by atoms with Gasteiger partial charge in [0.15, 0.2) is 0 Å². The first-order valence-electron chi connectivity index (χ1n) is 17.4. The van der Waals surface area contributed by atoms with Gasteiger partial charge >= 0.3 is 0 Å². The van der Waals surface area contributed by atoms with Crippen LogP contribution in [0.5, 0.6) is 0 Å². The Labute approximate surface area is 298 Å². The minimum absolute atomic E-state index is 1.17. The Bertz CT molecular complexity index is 3130. The van der Waals surface area contributed by atoms with Crippen molar-refractivity contribution in [1.82, 2.24) is 9.13 Å². The van der Waals surface area contributed by atoms with Crippen LogP contribution in [0.25, 0.3) is 97.4 Å². The van der Waals surface area contributed by atoms with E-state index in [0.29, 0.717) is 0 Å². The van der Waals surface area contributed by atoms with Crippen LogP contribution in [0.3, 0.4) is 0 Å². The van der Waals surface area contributed by atoms with Crippen molar-refractivity contribution in [3.05, 3.63) is 182 Å². The van der Waals surface area contributed by atoms with E-state index in [1.807, 2.05) is 11.3 Å². The van der Waals surface area contributed by atoms with Crippen LogP contribution in [-0.2, 0) is 0 Å². The average Bonchev–Trinajstić information content (AvgIpc) is 3.85. The molecule has 0 spiro atoms. The first-order chi connectivity index (χ1) is 25.3. The number of fused-ring (bicyclic) bond motifs is 9. The van der Waals surface area contributed by atoms with Gasteiger partial charge in [0.2, 0.25) is 0 Å². The standard InChI is InChI=1S/C48H30N2S/c1-3-11-31(12-4-1)32-19-23-45-40(27-32)41-29-34(21-25-46(41)49(45)35-13-5-2-6-14-35)33-20-24-44-39(28-33)37-15-7-9-17-43(37)50(44)36-22-26-48-42(30-36)38-16-8-10-18-47(38)51-48/h1-30H. The van der Waals surface area contributed by atoms with Gasteiger partial charge < -0.3 is 9.13 Å². The van der Waals surface area contributed by atoms with E-state index in [1.54, 1.807) is 0 Å². The molecule has 0 atom stereocenters. The van der Waals surface area contributed by atoms with E-state index in [1.165, 1.54) is 97.4 Å². The molecule has 11 rings (SSSR count). The fourth-order valence-electron chi connectivity index (χ4n) is 8.15. The Morgan fingerprint density at radius 2 is 0.765 bits per heavy atom. The van der Waals surface area contributed by atoms with Crippen LogP contribution in [0.4, 0.5) is 0 Å². The highest BCUT2D eigenvalue weighted by Crippen LogP contribution is 2.41. The van der Waals surface area contributed by atoms with E-state index in [-0.39, 0.29) is 0 Å². The Morgan fingerprint density at radius 1 is 0.275 bits per heavy atom. The molecule has 0 aliphatic heterocycles. The predicted molar refractivity (Wildman–Crippen MR) is 219 cm³/mol. The normalized spacial score (nSPS) is 11.9. The van der Waals surface area contributed by atoms with E-state index < -0.39 is 0 Å². The summed E-state index contributed by atoms with van der Waals surface area (Å²) in [5, 5.41) is 7.67. The third-order valence-corrected chi connectivity index (χ3v) is 11.7. The number of thiophene rings is 1. The van der Waals surface area contributed by atoms with Crippen molar-refractivity contribution < 1.29 is 0 Å². The number of nitrogens with zero attached hydrogens (tertiary/aromatic N) is 2. The molecule has 238 valence electrons. The van der Waals surface area contributed by atoms with Crippen LogP contribution in [0.1, 0.15) is 0 Å². The van der Waals surface area contributed by atoms with Crippen molar-refractivity contribution in [3.8, 4) is 33.6 Å². The van der Waals surface area contributed by atoms with E-state index in [9.17, 15) is 0 Å². The quantitative estimate of drug-likeness (QED) is 0.177. The van der Waals surface area contributed by atoms with Crippen LogP contribution in [0.15, 0.2) is 182 Å². The van der Waals surface area contributed by atoms with Gasteiger partial charge in [0.25, 0.3) is 0 Å². The van der Waals surface area contributed by atoms with Gasteiger partial charge in [-0.3, -0.25) is 0 Å². The van der Waals surface area contributed by atoms with Crippen LogP contribution in [0, 0.1) is 0 Å². The molecular weight excluding hydrogens is 637 g/mol. The molecule has 0 aliphatic rings. The lowest BCUT2D eigenvalue weighted by Crippen LogP contribution is -1.93. The zero-order valence-corrected chi connectivity index (χ0v) is 28.4. The maximum Gasteiger partial charge on any atom is 0.0541 e. The molecule has 3 aromatic heterocycles. The zero-order valence-electron chi connectivity index (χ0n) is 27.6. The Hall–Kier alpha value is -6.42. The highest BCUT2D eigenvalue weighted by atomic mass is 32.1. The molecule has 0 unspecified atom stereocenters. The Morgan fingerprint density at radius 3 is 1.45 bits per heavy atom. The summed E-state index contributed by atoms with van der Waals surface area (Å²) in [6.07, 6.45) is 0. The second-order valence-electron chi connectivity index (χ2n) is 13.4. The molecule has 2 nitrogen and oxygen atoms in total. The van der Waals surface area contributed by atoms with Crippen LogP contribution < -0.4 is 0 Å². The van der Waals surface area contributed by atoms with Crippen molar-refractivity contribution in [2.24, 2.45) is 0 Å². The molecule has 0 fully saturated rings. The Balaban J connectivity index is 1.11. The molecule has 0 amide bonds. The smallest absolute Gasteiger partial charge is 0.0541 e. The maximum atomic E-state index is 2.43. The highest BCUT2D eigenvalue weighted by molar-refractivity contribution is 7.25. The minimum atomic E-state index is 1.17. The number of hydrogen-bond acceptors (Lipinski definition) is 1. The maximum absolute atomic E-state index is 2.43. The van der Waals surface area contributed by atoms with Crippen LogP contribution in [-0.4, -0.2) is 9.13 Å². The van der Waals surface area contributed by atoms with Crippen LogP contribution >= 0.6 is 11.3 Å². The molecular formula is C48H30N2S. The summed E-state index contributed by atoms with van der Waals surface area (Å²) in [6, 6.07) is 66.7. The van der Waals surface area contributed by atoms with Gasteiger partial charge in [-0.1, -0.05) is 103 Å². The summed E-state index contributed by atoms with van der Waals surface area (Å²) in [4.78, 5) is 0. The predicted octanol–water partition coefficient (Wildman–Crippen LogP) is 13.6. The molecule has 8 aromatic carbocycles. The third-order valence-electron chi connectivity index (χ3n) is 10.5.